The van der Waals surface area contributed by atoms with Crippen LogP contribution in [0.4, 0.5) is 0 Å². The van der Waals surface area contributed by atoms with Crippen molar-refractivity contribution in [3.05, 3.63) is 18.0 Å². The number of rotatable bonds is 8. The highest BCUT2D eigenvalue weighted by atomic mass is 32.2. The molecule has 0 aliphatic heterocycles. The Morgan fingerprint density at radius 2 is 2.15 bits per heavy atom. The molecule has 0 aromatic carbocycles. The summed E-state index contributed by atoms with van der Waals surface area (Å²) < 4.78 is 32.9. The highest BCUT2D eigenvalue weighted by molar-refractivity contribution is 7.89. The maximum atomic E-state index is 12.0. The molecule has 0 unspecified atom stereocenters. The van der Waals surface area contributed by atoms with Gasteiger partial charge in [-0.05, 0) is 26.3 Å². The van der Waals surface area contributed by atoms with Gasteiger partial charge < -0.3 is 14.4 Å². The molecule has 7 nitrogen and oxygen atoms in total. The molecule has 1 aromatic rings. The highest BCUT2D eigenvalue weighted by Crippen LogP contribution is 2.13. The molecular formula is C12H20N2O5S. The van der Waals surface area contributed by atoms with Gasteiger partial charge in [-0.25, -0.2) is 17.9 Å². The molecule has 0 aliphatic carbocycles. The summed E-state index contributed by atoms with van der Waals surface area (Å²) in [5, 5.41) is 8.89. The van der Waals surface area contributed by atoms with Crippen molar-refractivity contribution >= 4 is 16.0 Å². The lowest BCUT2D eigenvalue weighted by Crippen LogP contribution is -2.25. The normalized spacial score (nSPS) is 12.0. The van der Waals surface area contributed by atoms with Crippen molar-refractivity contribution in [2.45, 2.75) is 31.3 Å². The summed E-state index contributed by atoms with van der Waals surface area (Å²) in [4.78, 5) is 10.8. The number of carboxylic acid groups (broad SMARTS) is 1. The number of aryl methyl sites for hydroxylation is 1. The molecule has 0 bridgehead atoms. The van der Waals surface area contributed by atoms with Crippen LogP contribution in [0.3, 0.4) is 0 Å². The molecule has 1 aromatic heterocycles. The number of nitrogens with zero attached hydrogens (tertiary/aromatic N) is 1. The van der Waals surface area contributed by atoms with E-state index in [0.717, 1.165) is 6.07 Å². The van der Waals surface area contributed by atoms with Gasteiger partial charge in [-0.2, -0.15) is 0 Å². The molecule has 20 heavy (non-hydrogen) atoms. The number of carbonyl (C=O) groups is 1. The van der Waals surface area contributed by atoms with E-state index < -0.39 is 16.0 Å². The Bertz CT molecular complexity index is 562. The first kappa shape index (κ1) is 16.7. The van der Waals surface area contributed by atoms with E-state index in [9.17, 15) is 13.2 Å². The van der Waals surface area contributed by atoms with Crippen LogP contribution in [0.2, 0.25) is 0 Å². The number of carboxylic acids is 1. The van der Waals surface area contributed by atoms with Crippen molar-refractivity contribution < 1.29 is 23.1 Å². The number of aromatic nitrogens is 1. The van der Waals surface area contributed by atoms with Gasteiger partial charge in [-0.15, -0.1) is 0 Å². The van der Waals surface area contributed by atoms with E-state index >= 15 is 0 Å². The average molecular weight is 304 g/mol. The molecule has 0 aliphatic rings. The van der Waals surface area contributed by atoms with Crippen LogP contribution in [0.25, 0.3) is 0 Å². The van der Waals surface area contributed by atoms with Gasteiger partial charge in [0, 0.05) is 26.4 Å². The van der Waals surface area contributed by atoms with E-state index in [1.165, 1.54) is 17.8 Å². The van der Waals surface area contributed by atoms with E-state index in [2.05, 4.69) is 4.72 Å². The summed E-state index contributed by atoms with van der Waals surface area (Å²) in [7, 11) is -2.20. The molecule has 8 heteroatoms. The van der Waals surface area contributed by atoms with Gasteiger partial charge in [0.1, 0.15) is 10.6 Å². The first-order valence-electron chi connectivity index (χ1n) is 6.25. The second-order valence-corrected chi connectivity index (χ2v) is 6.41. The molecule has 114 valence electrons. The van der Waals surface area contributed by atoms with E-state index in [4.69, 9.17) is 9.84 Å². The van der Waals surface area contributed by atoms with E-state index in [-0.39, 0.29) is 23.2 Å². The number of sulfonamides is 1. The zero-order valence-corrected chi connectivity index (χ0v) is 12.6. The van der Waals surface area contributed by atoms with Crippen LogP contribution in [0.1, 0.15) is 30.8 Å². The SMILES string of the molecule is CC(C)OCCCNS(=O)(=O)c1cc(C(=O)O)n(C)c1. The van der Waals surface area contributed by atoms with Crippen molar-refractivity contribution in [1.29, 1.82) is 0 Å². The topological polar surface area (TPSA) is 97.6 Å². The number of aromatic carboxylic acids is 1. The van der Waals surface area contributed by atoms with Gasteiger partial charge in [0.05, 0.1) is 6.10 Å². The predicted octanol–water partition coefficient (Wildman–Crippen LogP) is 0.817. The summed E-state index contributed by atoms with van der Waals surface area (Å²) in [6.45, 7) is 4.52. The van der Waals surface area contributed by atoms with E-state index in [1.54, 1.807) is 0 Å². The van der Waals surface area contributed by atoms with Crippen molar-refractivity contribution in [3.63, 3.8) is 0 Å². The largest absolute Gasteiger partial charge is 0.477 e. The Hall–Kier alpha value is -1.38. The van der Waals surface area contributed by atoms with Gasteiger partial charge in [-0.1, -0.05) is 0 Å². The fourth-order valence-electron chi connectivity index (χ4n) is 1.57. The summed E-state index contributed by atoms with van der Waals surface area (Å²) >= 11 is 0. The number of hydrogen-bond donors (Lipinski definition) is 2. The van der Waals surface area contributed by atoms with Gasteiger partial charge in [0.15, 0.2) is 0 Å². The summed E-state index contributed by atoms with van der Waals surface area (Å²) in [5.41, 5.74) is -0.0754. The van der Waals surface area contributed by atoms with Crippen LogP contribution in [-0.2, 0) is 21.8 Å². The second kappa shape index (κ2) is 6.87. The predicted molar refractivity (Wildman–Crippen MR) is 73.3 cm³/mol. The standard InChI is InChI=1S/C12H20N2O5S/c1-9(2)19-6-4-5-13-20(17,18)10-7-11(12(15)16)14(3)8-10/h7-9,13H,4-6H2,1-3H3,(H,15,16). The van der Waals surface area contributed by atoms with Crippen LogP contribution in [0.15, 0.2) is 17.2 Å². The Morgan fingerprint density at radius 1 is 1.50 bits per heavy atom. The number of hydrogen-bond acceptors (Lipinski definition) is 4. The number of ether oxygens (including phenoxy) is 1. The van der Waals surface area contributed by atoms with Crippen molar-refractivity contribution in [2.75, 3.05) is 13.2 Å². The van der Waals surface area contributed by atoms with Crippen LogP contribution in [0.5, 0.6) is 0 Å². The Morgan fingerprint density at radius 3 is 2.65 bits per heavy atom. The van der Waals surface area contributed by atoms with Gasteiger partial charge in [-0.3, -0.25) is 0 Å². The molecule has 0 radical (unpaired) electrons. The lowest BCUT2D eigenvalue weighted by atomic mass is 10.4. The maximum Gasteiger partial charge on any atom is 0.352 e. The lowest BCUT2D eigenvalue weighted by molar-refractivity contribution is 0.0686. The Kier molecular flexibility index (Phi) is 5.73. The molecule has 0 saturated heterocycles. The van der Waals surface area contributed by atoms with E-state index in [1.807, 2.05) is 13.8 Å². The minimum atomic E-state index is -3.69. The summed E-state index contributed by atoms with van der Waals surface area (Å²) in [5.74, 6) is -1.17. The molecule has 0 atom stereocenters. The molecule has 2 N–H and O–H groups in total. The Labute approximate surface area is 118 Å². The first-order chi connectivity index (χ1) is 9.24. The maximum absolute atomic E-state index is 12.0. The zero-order valence-electron chi connectivity index (χ0n) is 11.8. The third-order valence-electron chi connectivity index (χ3n) is 2.57. The van der Waals surface area contributed by atoms with Crippen LogP contribution in [-0.4, -0.2) is 43.3 Å². The van der Waals surface area contributed by atoms with Crippen LogP contribution >= 0.6 is 0 Å². The monoisotopic (exact) mass is 304 g/mol. The average Bonchev–Trinajstić information content (AvgIpc) is 2.71. The fourth-order valence-corrected chi connectivity index (χ4v) is 2.72. The van der Waals surface area contributed by atoms with Crippen LogP contribution in [0, 0.1) is 0 Å². The lowest BCUT2D eigenvalue weighted by Gasteiger charge is -2.08. The molecular weight excluding hydrogens is 284 g/mol. The highest BCUT2D eigenvalue weighted by Gasteiger charge is 2.19. The minimum absolute atomic E-state index is 0.0535. The van der Waals surface area contributed by atoms with Crippen molar-refractivity contribution in [1.82, 2.24) is 9.29 Å². The minimum Gasteiger partial charge on any atom is -0.477 e. The fraction of sp³-hybridized carbons (Fsp3) is 0.583. The second-order valence-electron chi connectivity index (χ2n) is 4.65. The van der Waals surface area contributed by atoms with Crippen molar-refractivity contribution in [2.24, 2.45) is 7.05 Å². The molecule has 0 spiro atoms. The molecule has 1 rings (SSSR count). The summed E-state index contributed by atoms with van der Waals surface area (Å²) in [6, 6.07) is 1.13. The first-order valence-corrected chi connectivity index (χ1v) is 7.73. The van der Waals surface area contributed by atoms with Gasteiger partial charge in [0.25, 0.3) is 0 Å². The third kappa shape index (κ3) is 4.62. The molecule has 0 amide bonds. The summed E-state index contributed by atoms with van der Waals surface area (Å²) in [6.07, 6.45) is 1.94. The van der Waals surface area contributed by atoms with Crippen LogP contribution < -0.4 is 4.72 Å². The van der Waals surface area contributed by atoms with E-state index in [0.29, 0.717) is 13.0 Å². The van der Waals surface area contributed by atoms with Gasteiger partial charge >= 0.3 is 5.97 Å². The Balaban J connectivity index is 2.61. The molecule has 0 saturated carbocycles. The number of nitrogens with one attached hydrogen (secondary N) is 1. The smallest absolute Gasteiger partial charge is 0.352 e. The van der Waals surface area contributed by atoms with Gasteiger partial charge in [0.2, 0.25) is 10.0 Å². The molecule has 0 fully saturated rings. The zero-order chi connectivity index (χ0) is 15.3. The molecule has 1 heterocycles. The van der Waals surface area contributed by atoms with Crippen molar-refractivity contribution in [3.8, 4) is 0 Å². The quantitative estimate of drug-likeness (QED) is 0.693. The third-order valence-corrected chi connectivity index (χ3v) is 4.00.